The van der Waals surface area contributed by atoms with Crippen molar-refractivity contribution in [2.45, 2.75) is 19.3 Å². The van der Waals surface area contributed by atoms with Gasteiger partial charge in [0.05, 0.1) is 6.61 Å². The van der Waals surface area contributed by atoms with E-state index in [0.29, 0.717) is 5.02 Å². The second kappa shape index (κ2) is 6.67. The van der Waals surface area contributed by atoms with Gasteiger partial charge in [-0.2, -0.15) is 0 Å². The first-order valence-electron chi connectivity index (χ1n) is 8.97. The van der Waals surface area contributed by atoms with Gasteiger partial charge in [0.2, 0.25) is 0 Å². The van der Waals surface area contributed by atoms with Gasteiger partial charge in [0, 0.05) is 40.8 Å². The third kappa shape index (κ3) is 2.84. The first kappa shape index (κ1) is 16.3. The maximum Gasteiger partial charge on any atom is 0.171 e. The SMILES string of the molecule is Clc1ccccc1-c1cnc(CCc2cccc3c2CCO3)n2cnnc12. The number of hydrogen-bond acceptors (Lipinski definition) is 4. The van der Waals surface area contributed by atoms with E-state index in [-0.39, 0.29) is 0 Å². The van der Waals surface area contributed by atoms with Crippen LogP contribution in [0.3, 0.4) is 0 Å². The number of rotatable bonds is 4. The summed E-state index contributed by atoms with van der Waals surface area (Å²) in [5.74, 6) is 1.95. The number of hydrogen-bond donors (Lipinski definition) is 0. The highest BCUT2D eigenvalue weighted by Gasteiger charge is 2.17. The molecule has 27 heavy (non-hydrogen) atoms. The molecule has 0 N–H and O–H groups in total. The Morgan fingerprint density at radius 1 is 1.04 bits per heavy atom. The monoisotopic (exact) mass is 376 g/mol. The molecule has 0 atom stereocenters. The zero-order chi connectivity index (χ0) is 18.2. The van der Waals surface area contributed by atoms with Gasteiger partial charge < -0.3 is 4.74 Å². The molecule has 0 saturated carbocycles. The summed E-state index contributed by atoms with van der Waals surface area (Å²) in [7, 11) is 0. The summed E-state index contributed by atoms with van der Waals surface area (Å²) in [5, 5.41) is 9.08. The fourth-order valence-corrected chi connectivity index (χ4v) is 3.93. The molecular formula is C21H17ClN4O. The van der Waals surface area contributed by atoms with E-state index < -0.39 is 0 Å². The van der Waals surface area contributed by atoms with Crippen LogP contribution < -0.4 is 4.74 Å². The molecule has 6 heteroatoms. The third-order valence-corrected chi connectivity index (χ3v) is 5.36. The summed E-state index contributed by atoms with van der Waals surface area (Å²) in [5.41, 5.74) is 5.22. The predicted octanol–water partition coefficient (Wildman–Crippen LogP) is 4.16. The predicted molar refractivity (Wildman–Crippen MR) is 104 cm³/mol. The number of nitrogens with zero attached hydrogens (tertiary/aromatic N) is 4. The summed E-state index contributed by atoms with van der Waals surface area (Å²) in [6, 6.07) is 14.0. The van der Waals surface area contributed by atoms with Crippen LogP contribution in [-0.2, 0) is 19.3 Å². The second-order valence-electron chi connectivity index (χ2n) is 6.58. The normalized spacial score (nSPS) is 12.9. The van der Waals surface area contributed by atoms with Crippen molar-refractivity contribution in [2.75, 3.05) is 6.61 Å². The van der Waals surface area contributed by atoms with Gasteiger partial charge >= 0.3 is 0 Å². The largest absolute Gasteiger partial charge is 0.493 e. The molecule has 2 aromatic heterocycles. The average molecular weight is 377 g/mol. The molecule has 0 unspecified atom stereocenters. The van der Waals surface area contributed by atoms with Gasteiger partial charge in [0.15, 0.2) is 5.65 Å². The maximum absolute atomic E-state index is 6.36. The van der Waals surface area contributed by atoms with Crippen molar-refractivity contribution in [3.8, 4) is 16.9 Å². The number of ether oxygens (including phenoxy) is 1. The molecule has 5 nitrogen and oxygen atoms in total. The smallest absolute Gasteiger partial charge is 0.171 e. The van der Waals surface area contributed by atoms with Crippen molar-refractivity contribution >= 4 is 17.2 Å². The van der Waals surface area contributed by atoms with Crippen LogP contribution in [0.25, 0.3) is 16.8 Å². The van der Waals surface area contributed by atoms with E-state index in [4.69, 9.17) is 21.3 Å². The Balaban J connectivity index is 1.49. The minimum atomic E-state index is 0.678. The van der Waals surface area contributed by atoms with Gasteiger partial charge in [-0.05, 0) is 24.1 Å². The molecule has 1 aliphatic heterocycles. The average Bonchev–Trinajstić information content (AvgIpc) is 3.36. The van der Waals surface area contributed by atoms with E-state index in [1.165, 1.54) is 11.1 Å². The molecule has 0 radical (unpaired) electrons. The van der Waals surface area contributed by atoms with E-state index in [0.717, 1.165) is 54.2 Å². The summed E-state index contributed by atoms with van der Waals surface area (Å²) >= 11 is 6.36. The van der Waals surface area contributed by atoms with Crippen LogP contribution >= 0.6 is 11.6 Å². The van der Waals surface area contributed by atoms with Crippen LogP contribution in [-0.4, -0.2) is 26.2 Å². The molecule has 2 aromatic carbocycles. The minimum Gasteiger partial charge on any atom is -0.493 e. The summed E-state index contributed by atoms with van der Waals surface area (Å²) in [6.07, 6.45) is 6.24. The van der Waals surface area contributed by atoms with E-state index in [2.05, 4.69) is 22.3 Å². The first-order valence-corrected chi connectivity index (χ1v) is 9.35. The van der Waals surface area contributed by atoms with Crippen molar-refractivity contribution in [3.05, 3.63) is 77.0 Å². The lowest BCUT2D eigenvalue weighted by Gasteiger charge is -2.10. The first-order chi connectivity index (χ1) is 13.3. The molecule has 134 valence electrons. The van der Waals surface area contributed by atoms with Crippen molar-refractivity contribution in [1.82, 2.24) is 19.6 Å². The van der Waals surface area contributed by atoms with Crippen LogP contribution in [0, 0.1) is 0 Å². The summed E-state index contributed by atoms with van der Waals surface area (Å²) in [6.45, 7) is 0.771. The van der Waals surface area contributed by atoms with Gasteiger partial charge in [-0.25, -0.2) is 4.98 Å². The Morgan fingerprint density at radius 2 is 1.96 bits per heavy atom. The quantitative estimate of drug-likeness (QED) is 0.536. The lowest BCUT2D eigenvalue weighted by Crippen LogP contribution is -2.04. The Morgan fingerprint density at radius 3 is 2.89 bits per heavy atom. The van der Waals surface area contributed by atoms with Crippen LogP contribution in [0.2, 0.25) is 5.02 Å². The number of halogens is 1. The highest BCUT2D eigenvalue weighted by Crippen LogP contribution is 2.31. The molecular weight excluding hydrogens is 360 g/mol. The third-order valence-electron chi connectivity index (χ3n) is 5.03. The standard InChI is InChI=1S/C21H17ClN4O/c22-18-6-2-1-5-16(18)17-12-23-20(26-13-24-25-21(17)26)9-8-14-4-3-7-19-15(14)10-11-27-19/h1-7,12-13H,8-11H2. The van der Waals surface area contributed by atoms with Crippen LogP contribution in [0.5, 0.6) is 5.75 Å². The molecule has 3 heterocycles. The van der Waals surface area contributed by atoms with Gasteiger partial charge in [-0.15, -0.1) is 10.2 Å². The fourth-order valence-electron chi connectivity index (χ4n) is 3.69. The number of aromatic nitrogens is 4. The van der Waals surface area contributed by atoms with Crippen LogP contribution in [0.4, 0.5) is 0 Å². The Labute approximate surface area is 161 Å². The molecule has 0 spiro atoms. The van der Waals surface area contributed by atoms with Crippen molar-refractivity contribution in [3.63, 3.8) is 0 Å². The Kier molecular flexibility index (Phi) is 4.02. The zero-order valence-electron chi connectivity index (χ0n) is 14.6. The summed E-state index contributed by atoms with van der Waals surface area (Å²) in [4.78, 5) is 4.70. The fraction of sp³-hybridized carbons (Fsp3) is 0.190. The van der Waals surface area contributed by atoms with Gasteiger partial charge in [0.25, 0.3) is 0 Å². The lowest BCUT2D eigenvalue weighted by molar-refractivity contribution is 0.357. The highest BCUT2D eigenvalue weighted by molar-refractivity contribution is 6.33. The second-order valence-corrected chi connectivity index (χ2v) is 6.99. The van der Waals surface area contributed by atoms with Gasteiger partial charge in [0.1, 0.15) is 17.9 Å². The molecule has 5 rings (SSSR count). The Bertz CT molecular complexity index is 1140. The topological polar surface area (TPSA) is 52.3 Å². The van der Waals surface area contributed by atoms with Crippen molar-refractivity contribution in [1.29, 1.82) is 0 Å². The lowest BCUT2D eigenvalue weighted by atomic mass is 10.0. The molecule has 0 aliphatic carbocycles. The van der Waals surface area contributed by atoms with Crippen molar-refractivity contribution in [2.24, 2.45) is 0 Å². The zero-order valence-corrected chi connectivity index (χ0v) is 15.4. The van der Waals surface area contributed by atoms with E-state index in [9.17, 15) is 0 Å². The number of aryl methyl sites for hydroxylation is 2. The highest BCUT2D eigenvalue weighted by atomic mass is 35.5. The number of benzene rings is 2. The van der Waals surface area contributed by atoms with E-state index >= 15 is 0 Å². The molecule has 0 fully saturated rings. The number of fused-ring (bicyclic) bond motifs is 2. The molecule has 1 aliphatic rings. The molecule has 0 saturated heterocycles. The van der Waals surface area contributed by atoms with E-state index in [1.54, 1.807) is 6.33 Å². The van der Waals surface area contributed by atoms with Gasteiger partial charge in [-0.3, -0.25) is 4.40 Å². The molecule has 0 bridgehead atoms. The molecule has 0 amide bonds. The van der Waals surface area contributed by atoms with E-state index in [1.807, 2.05) is 40.9 Å². The van der Waals surface area contributed by atoms with Crippen LogP contribution in [0.1, 0.15) is 17.0 Å². The Hall–Kier alpha value is -2.92. The van der Waals surface area contributed by atoms with Gasteiger partial charge in [-0.1, -0.05) is 41.9 Å². The maximum atomic E-state index is 6.36. The molecule has 4 aromatic rings. The van der Waals surface area contributed by atoms with Crippen LogP contribution in [0.15, 0.2) is 55.0 Å². The van der Waals surface area contributed by atoms with Crippen molar-refractivity contribution < 1.29 is 4.74 Å². The summed E-state index contributed by atoms with van der Waals surface area (Å²) < 4.78 is 7.63. The minimum absolute atomic E-state index is 0.678.